The molecule has 0 saturated heterocycles. The molecule has 0 radical (unpaired) electrons. The van der Waals surface area contributed by atoms with Crippen molar-refractivity contribution in [3.05, 3.63) is 23.8 Å². The number of carbonyl (C=O) groups is 1. The number of amides is 1. The fourth-order valence-electron chi connectivity index (χ4n) is 2.43. The Morgan fingerprint density at radius 3 is 2.57 bits per heavy atom. The Kier molecular flexibility index (Phi) is 2.56. The van der Waals surface area contributed by atoms with E-state index in [1.54, 1.807) is 0 Å². The van der Waals surface area contributed by atoms with Gasteiger partial charge in [-0.15, -0.1) is 0 Å². The largest absolute Gasteiger partial charge is 0.435 e. The molecule has 2 aromatic rings. The Balaban J connectivity index is 2.42. The minimum absolute atomic E-state index is 0.353. The van der Waals surface area contributed by atoms with Crippen LogP contribution in [0.5, 0.6) is 0 Å². The molecule has 0 saturated carbocycles. The van der Waals surface area contributed by atoms with Crippen LogP contribution < -0.4 is 10.6 Å². The van der Waals surface area contributed by atoms with Gasteiger partial charge >= 0.3 is 6.18 Å². The fourth-order valence-corrected chi connectivity index (χ4v) is 2.43. The van der Waals surface area contributed by atoms with Gasteiger partial charge in [0.1, 0.15) is 5.52 Å². The van der Waals surface area contributed by atoms with Gasteiger partial charge in [0.25, 0.3) is 11.6 Å². The molecule has 0 bridgehead atoms. The maximum Gasteiger partial charge on any atom is 0.435 e. The molecule has 1 aromatic carbocycles. The number of benzene rings is 1. The monoisotopic (exact) mass is 306 g/mol. The highest BCUT2D eigenvalue weighted by Gasteiger charge is 2.66. The number of imidazole rings is 1. The van der Waals surface area contributed by atoms with Crippen molar-refractivity contribution >= 4 is 22.9 Å². The van der Waals surface area contributed by atoms with Crippen molar-refractivity contribution in [2.75, 3.05) is 12.4 Å². The smallest absolute Gasteiger partial charge is 0.292 e. The molecule has 1 aliphatic heterocycles. The minimum atomic E-state index is -5.02. The van der Waals surface area contributed by atoms with E-state index < -0.39 is 40.8 Å². The summed E-state index contributed by atoms with van der Waals surface area (Å²) in [4.78, 5) is 15.3. The summed E-state index contributed by atoms with van der Waals surface area (Å²) in [7, 11) is 0.938. The van der Waals surface area contributed by atoms with E-state index in [0.717, 1.165) is 13.1 Å². The molecule has 0 aliphatic carbocycles. The van der Waals surface area contributed by atoms with Crippen LogP contribution in [-0.2, 0) is 10.5 Å². The number of fused-ring (bicyclic) bond motifs is 3. The number of rotatable bonds is 1. The Labute approximate surface area is 113 Å². The highest BCUT2D eigenvalue weighted by Crippen LogP contribution is 2.43. The zero-order valence-electron chi connectivity index (χ0n) is 10.3. The maximum absolute atomic E-state index is 13.6. The predicted molar refractivity (Wildman–Crippen MR) is 61.4 cm³/mol. The average Bonchev–Trinajstić information content (AvgIpc) is 2.87. The lowest BCUT2D eigenvalue weighted by molar-refractivity contribution is -0.215. The first-order chi connectivity index (χ1) is 9.74. The number of anilines is 1. The molecule has 21 heavy (non-hydrogen) atoms. The average molecular weight is 306 g/mol. The summed E-state index contributed by atoms with van der Waals surface area (Å²) in [5.74, 6) is -4.53. The van der Waals surface area contributed by atoms with Crippen molar-refractivity contribution < 1.29 is 26.7 Å². The summed E-state index contributed by atoms with van der Waals surface area (Å²) >= 11 is 0. The quantitative estimate of drug-likeness (QED) is 0.789. The summed E-state index contributed by atoms with van der Waals surface area (Å²) in [5.41, 5.74) is -4.07. The highest BCUT2D eigenvalue weighted by molar-refractivity contribution is 6.03. The number of carbonyl (C=O) groups excluding carboxylic acids is 1. The SMILES string of the molecule is CNC1(C(F)(F)F)C(=O)Nc2nc3c(F)c(F)ccc3n21. The van der Waals surface area contributed by atoms with Gasteiger partial charge in [0.2, 0.25) is 5.95 Å². The van der Waals surface area contributed by atoms with E-state index >= 15 is 0 Å². The zero-order valence-corrected chi connectivity index (χ0v) is 10.3. The summed E-state index contributed by atoms with van der Waals surface area (Å²) < 4.78 is 67.4. The van der Waals surface area contributed by atoms with E-state index in [4.69, 9.17) is 0 Å². The van der Waals surface area contributed by atoms with Crippen LogP contribution in [0, 0.1) is 11.6 Å². The Morgan fingerprint density at radius 1 is 1.33 bits per heavy atom. The standard InChI is InChI=1S/C11H7F5N4O/c1-17-10(11(14,15)16)8(21)19-9-18-7-5(20(9)10)3-2-4(12)6(7)13/h2-3,17H,1H3,(H,18,19,21). The number of nitrogens with zero attached hydrogens (tertiary/aromatic N) is 2. The molecule has 112 valence electrons. The van der Waals surface area contributed by atoms with E-state index in [1.165, 1.54) is 0 Å². The van der Waals surface area contributed by atoms with Crippen LogP contribution >= 0.6 is 0 Å². The van der Waals surface area contributed by atoms with Crippen molar-refractivity contribution in [2.45, 2.75) is 11.8 Å². The summed E-state index contributed by atoms with van der Waals surface area (Å²) in [5, 5.41) is 3.83. The van der Waals surface area contributed by atoms with Crippen LogP contribution in [-0.4, -0.2) is 28.7 Å². The second kappa shape index (κ2) is 3.91. The molecule has 10 heteroatoms. The Morgan fingerprint density at radius 2 is 2.00 bits per heavy atom. The van der Waals surface area contributed by atoms with Gasteiger partial charge in [-0.1, -0.05) is 0 Å². The topological polar surface area (TPSA) is 59.0 Å². The third-order valence-electron chi connectivity index (χ3n) is 3.38. The van der Waals surface area contributed by atoms with Crippen molar-refractivity contribution in [3.8, 4) is 0 Å². The Bertz CT molecular complexity index is 768. The van der Waals surface area contributed by atoms with E-state index in [9.17, 15) is 26.7 Å². The predicted octanol–water partition coefficient (Wildman–Crippen LogP) is 1.70. The number of hydrogen-bond acceptors (Lipinski definition) is 3. The number of aromatic nitrogens is 2. The molecule has 0 fully saturated rings. The zero-order chi connectivity index (χ0) is 15.6. The third kappa shape index (κ3) is 1.47. The van der Waals surface area contributed by atoms with Gasteiger partial charge in [-0.3, -0.25) is 20.0 Å². The van der Waals surface area contributed by atoms with E-state index in [2.05, 4.69) is 4.98 Å². The molecule has 5 nitrogen and oxygen atoms in total. The van der Waals surface area contributed by atoms with Gasteiger partial charge in [-0.25, -0.2) is 13.8 Å². The van der Waals surface area contributed by atoms with E-state index in [1.807, 2.05) is 10.6 Å². The van der Waals surface area contributed by atoms with Gasteiger partial charge in [0.15, 0.2) is 11.6 Å². The molecule has 1 aromatic heterocycles. The van der Waals surface area contributed by atoms with Crippen LogP contribution in [0.4, 0.5) is 27.9 Å². The van der Waals surface area contributed by atoms with Crippen molar-refractivity contribution in [3.63, 3.8) is 0 Å². The maximum atomic E-state index is 13.6. The number of nitrogens with one attached hydrogen (secondary N) is 2. The molecule has 2 heterocycles. The fraction of sp³-hybridized carbons (Fsp3) is 0.273. The van der Waals surface area contributed by atoms with Crippen LogP contribution in [0.1, 0.15) is 0 Å². The van der Waals surface area contributed by atoms with Gasteiger partial charge in [-0.05, 0) is 19.2 Å². The van der Waals surface area contributed by atoms with Crippen LogP contribution in [0.2, 0.25) is 0 Å². The van der Waals surface area contributed by atoms with Crippen LogP contribution in [0.15, 0.2) is 12.1 Å². The van der Waals surface area contributed by atoms with Crippen LogP contribution in [0.25, 0.3) is 11.0 Å². The number of alkyl halides is 3. The second-order valence-electron chi connectivity index (χ2n) is 4.41. The first-order valence-electron chi connectivity index (χ1n) is 5.68. The highest BCUT2D eigenvalue weighted by atomic mass is 19.4. The van der Waals surface area contributed by atoms with Gasteiger partial charge in [0.05, 0.1) is 5.52 Å². The first kappa shape index (κ1) is 13.7. The Hall–Kier alpha value is -2.23. The second-order valence-corrected chi connectivity index (χ2v) is 4.41. The summed E-state index contributed by atoms with van der Waals surface area (Å²) in [6.45, 7) is 0. The molecule has 1 unspecified atom stereocenters. The molecule has 1 amide bonds. The van der Waals surface area contributed by atoms with Crippen molar-refractivity contribution in [2.24, 2.45) is 0 Å². The van der Waals surface area contributed by atoms with Crippen molar-refractivity contribution in [1.29, 1.82) is 0 Å². The molecular weight excluding hydrogens is 299 g/mol. The number of likely N-dealkylation sites (N-methyl/N-ethyl adjacent to an activating group) is 1. The first-order valence-corrected chi connectivity index (χ1v) is 5.68. The summed E-state index contributed by atoms with van der Waals surface area (Å²) in [6.07, 6.45) is -5.02. The lowest BCUT2D eigenvalue weighted by atomic mass is 10.1. The van der Waals surface area contributed by atoms with E-state index in [-0.39, 0.29) is 5.52 Å². The molecule has 1 atom stereocenters. The van der Waals surface area contributed by atoms with Gasteiger partial charge in [-0.2, -0.15) is 13.2 Å². The van der Waals surface area contributed by atoms with Crippen molar-refractivity contribution in [1.82, 2.24) is 14.9 Å². The molecular formula is C11H7F5N4O. The van der Waals surface area contributed by atoms with Gasteiger partial charge in [0, 0.05) is 0 Å². The lowest BCUT2D eigenvalue weighted by Gasteiger charge is -2.30. The molecule has 0 spiro atoms. The third-order valence-corrected chi connectivity index (χ3v) is 3.38. The van der Waals surface area contributed by atoms with Crippen LogP contribution in [0.3, 0.4) is 0 Å². The minimum Gasteiger partial charge on any atom is -0.292 e. The lowest BCUT2D eigenvalue weighted by Crippen LogP contribution is -2.60. The van der Waals surface area contributed by atoms with E-state index in [0.29, 0.717) is 10.6 Å². The molecule has 2 N–H and O–H groups in total. The number of hydrogen-bond donors (Lipinski definition) is 2. The number of halogens is 5. The summed E-state index contributed by atoms with van der Waals surface area (Å²) in [6, 6.07) is 1.61. The normalized spacial score (nSPS) is 21.7. The molecule has 3 rings (SSSR count). The molecule has 1 aliphatic rings. The van der Waals surface area contributed by atoms with Gasteiger partial charge < -0.3 is 0 Å².